The van der Waals surface area contributed by atoms with E-state index in [0.29, 0.717) is 0 Å². The molecule has 0 saturated carbocycles. The van der Waals surface area contributed by atoms with Crippen LogP contribution in [0.5, 0.6) is 0 Å². The fraction of sp³-hybridized carbons (Fsp3) is 0.0769. The third kappa shape index (κ3) is 3.41. The highest BCUT2D eigenvalue weighted by Gasteiger charge is 2.26. The lowest BCUT2D eigenvalue weighted by atomic mass is 10.0. The second kappa shape index (κ2) is 8.52. The van der Waals surface area contributed by atoms with Gasteiger partial charge < -0.3 is 0 Å². The lowest BCUT2D eigenvalue weighted by Crippen LogP contribution is -1.81. The van der Waals surface area contributed by atoms with Crippen molar-refractivity contribution in [2.45, 2.75) is 13.8 Å². The quantitative estimate of drug-likeness (QED) is 0.211. The first-order valence-corrected chi connectivity index (χ1v) is 15.3. The standard InChI is InChI=1S/C26H18S6/c1-15-21(17-7-3-11-27-17)25(19-9-5-13-29-19)31-23(15)24-16(2)22(18-8-4-12-28-18)26(32-24)20-10-6-14-30-20/h3-14H,1-2H3. The van der Waals surface area contributed by atoms with Gasteiger partial charge in [0.05, 0.1) is 9.75 Å². The number of hydrogen-bond acceptors (Lipinski definition) is 6. The number of rotatable bonds is 5. The van der Waals surface area contributed by atoms with Crippen molar-refractivity contribution in [1.82, 2.24) is 0 Å². The molecule has 0 spiro atoms. The van der Waals surface area contributed by atoms with Gasteiger partial charge in [-0.05, 0) is 70.8 Å². The van der Waals surface area contributed by atoms with Gasteiger partial charge in [-0.1, -0.05) is 24.3 Å². The Labute approximate surface area is 211 Å². The third-order valence-electron chi connectivity index (χ3n) is 5.52. The minimum Gasteiger partial charge on any atom is -0.144 e. The van der Waals surface area contributed by atoms with Crippen LogP contribution in [0.25, 0.3) is 50.1 Å². The second-order valence-corrected chi connectivity index (χ2v) is 13.3. The molecule has 6 heteroatoms. The predicted octanol–water partition coefficient (Wildman–Crippen LogP) is 11.0. The van der Waals surface area contributed by atoms with Crippen LogP contribution in [0.1, 0.15) is 11.1 Å². The van der Waals surface area contributed by atoms with Crippen molar-refractivity contribution in [2.75, 3.05) is 0 Å². The Morgan fingerprint density at radius 3 is 1.09 bits per heavy atom. The number of hydrogen-bond donors (Lipinski definition) is 0. The summed E-state index contributed by atoms with van der Waals surface area (Å²) in [5.41, 5.74) is 5.62. The van der Waals surface area contributed by atoms with E-state index >= 15 is 0 Å². The molecule has 6 aromatic heterocycles. The van der Waals surface area contributed by atoms with Gasteiger partial charge in [0.25, 0.3) is 0 Å². The van der Waals surface area contributed by atoms with Gasteiger partial charge >= 0.3 is 0 Å². The Bertz CT molecular complexity index is 1340. The van der Waals surface area contributed by atoms with Gasteiger partial charge in [0.2, 0.25) is 0 Å². The molecule has 158 valence electrons. The zero-order valence-electron chi connectivity index (χ0n) is 17.4. The van der Waals surface area contributed by atoms with Crippen LogP contribution in [-0.4, -0.2) is 0 Å². The predicted molar refractivity (Wildman–Crippen MR) is 150 cm³/mol. The average molecular weight is 523 g/mol. The summed E-state index contributed by atoms with van der Waals surface area (Å²) in [5, 5.41) is 8.74. The van der Waals surface area contributed by atoms with Crippen molar-refractivity contribution in [2.24, 2.45) is 0 Å². The summed E-state index contributed by atoms with van der Waals surface area (Å²) in [5.74, 6) is 0. The molecule has 0 aliphatic carbocycles. The van der Waals surface area contributed by atoms with E-state index in [4.69, 9.17) is 0 Å². The molecule has 0 aromatic carbocycles. The molecule has 0 atom stereocenters. The summed E-state index contributed by atoms with van der Waals surface area (Å²) in [7, 11) is 0. The fourth-order valence-electron chi connectivity index (χ4n) is 4.06. The highest BCUT2D eigenvalue weighted by atomic mass is 32.1. The van der Waals surface area contributed by atoms with E-state index < -0.39 is 0 Å². The maximum atomic E-state index is 2.31. The molecule has 0 radical (unpaired) electrons. The highest BCUT2D eigenvalue weighted by Crippen LogP contribution is 2.55. The Morgan fingerprint density at radius 1 is 0.438 bits per heavy atom. The van der Waals surface area contributed by atoms with Crippen molar-refractivity contribution >= 4 is 68.0 Å². The van der Waals surface area contributed by atoms with E-state index in [1.807, 2.05) is 68.0 Å². The largest absolute Gasteiger partial charge is 0.144 e. The van der Waals surface area contributed by atoms with Crippen LogP contribution >= 0.6 is 68.0 Å². The summed E-state index contributed by atoms with van der Waals surface area (Å²) >= 11 is 11.3. The van der Waals surface area contributed by atoms with E-state index in [2.05, 4.69) is 83.9 Å². The van der Waals surface area contributed by atoms with Crippen molar-refractivity contribution in [3.8, 4) is 50.1 Å². The smallest absolute Gasteiger partial charge is 0.0538 e. The van der Waals surface area contributed by atoms with E-state index in [1.54, 1.807) is 0 Å². The zero-order chi connectivity index (χ0) is 21.7. The minimum absolute atomic E-state index is 1.36. The molecule has 0 aliphatic rings. The van der Waals surface area contributed by atoms with Gasteiger partial charge in [0.1, 0.15) is 0 Å². The van der Waals surface area contributed by atoms with Crippen LogP contribution in [0.4, 0.5) is 0 Å². The van der Waals surface area contributed by atoms with E-state index in [-0.39, 0.29) is 0 Å². The molecule has 0 unspecified atom stereocenters. The summed E-state index contributed by atoms with van der Waals surface area (Å²) in [6.45, 7) is 4.62. The lowest BCUT2D eigenvalue weighted by molar-refractivity contribution is 1.51. The maximum absolute atomic E-state index is 2.31. The molecular formula is C26H18S6. The first-order valence-electron chi connectivity index (χ1n) is 10.1. The third-order valence-corrected chi connectivity index (χ3v) is 12.1. The van der Waals surface area contributed by atoms with Gasteiger partial charge in [-0.25, -0.2) is 0 Å². The maximum Gasteiger partial charge on any atom is 0.0538 e. The zero-order valence-corrected chi connectivity index (χ0v) is 22.3. The Kier molecular flexibility index (Phi) is 5.53. The minimum atomic E-state index is 1.36. The molecule has 0 amide bonds. The van der Waals surface area contributed by atoms with Crippen LogP contribution < -0.4 is 0 Å². The molecule has 32 heavy (non-hydrogen) atoms. The topological polar surface area (TPSA) is 0 Å². The fourth-order valence-corrected chi connectivity index (χ4v) is 10.5. The summed E-state index contributed by atoms with van der Waals surface area (Å²) in [6, 6.07) is 17.7. The van der Waals surface area contributed by atoms with E-state index in [9.17, 15) is 0 Å². The SMILES string of the molecule is Cc1c(-c2sc(-c3cccs3)c(-c3cccs3)c2C)sc(-c2cccs2)c1-c1cccs1. The summed E-state index contributed by atoms with van der Waals surface area (Å²) in [4.78, 5) is 11.1. The van der Waals surface area contributed by atoms with E-state index in [1.165, 1.54) is 61.3 Å². The van der Waals surface area contributed by atoms with Crippen molar-refractivity contribution < 1.29 is 0 Å². The van der Waals surface area contributed by atoms with E-state index in [0.717, 1.165) is 0 Å². The molecule has 0 fully saturated rings. The first kappa shape index (κ1) is 20.8. The lowest BCUT2D eigenvalue weighted by Gasteiger charge is -2.03. The Hall–Kier alpha value is -1.80. The highest BCUT2D eigenvalue weighted by molar-refractivity contribution is 7.29. The van der Waals surface area contributed by atoms with Crippen molar-refractivity contribution in [3.05, 3.63) is 81.2 Å². The second-order valence-electron chi connectivity index (χ2n) is 7.43. The molecule has 0 bridgehead atoms. The molecular weight excluding hydrogens is 505 g/mol. The first-order chi connectivity index (χ1) is 15.7. The molecule has 0 aliphatic heterocycles. The van der Waals surface area contributed by atoms with Crippen LogP contribution in [0, 0.1) is 13.8 Å². The monoisotopic (exact) mass is 522 g/mol. The molecule has 0 N–H and O–H groups in total. The Balaban J connectivity index is 1.62. The normalized spacial score (nSPS) is 11.4. The summed E-state index contributed by atoms with van der Waals surface area (Å²) < 4.78 is 0. The van der Waals surface area contributed by atoms with Crippen molar-refractivity contribution in [1.29, 1.82) is 0 Å². The average Bonchev–Trinajstić information content (AvgIpc) is 3.62. The Morgan fingerprint density at radius 2 is 0.781 bits per heavy atom. The van der Waals surface area contributed by atoms with Gasteiger partial charge in [0, 0.05) is 40.4 Å². The molecule has 6 rings (SSSR count). The van der Waals surface area contributed by atoms with Crippen LogP contribution in [-0.2, 0) is 0 Å². The molecule has 6 heterocycles. The van der Waals surface area contributed by atoms with Gasteiger partial charge in [-0.2, -0.15) is 0 Å². The summed E-state index contributed by atoms with van der Waals surface area (Å²) in [6.07, 6.45) is 0. The van der Waals surface area contributed by atoms with Crippen LogP contribution in [0.3, 0.4) is 0 Å². The van der Waals surface area contributed by atoms with Crippen molar-refractivity contribution in [3.63, 3.8) is 0 Å². The molecule has 0 saturated heterocycles. The van der Waals surface area contributed by atoms with Crippen LogP contribution in [0.15, 0.2) is 70.1 Å². The number of thiophene rings is 6. The van der Waals surface area contributed by atoms with Crippen LogP contribution in [0.2, 0.25) is 0 Å². The van der Waals surface area contributed by atoms with Gasteiger partial charge in [0.15, 0.2) is 0 Å². The molecule has 0 nitrogen and oxygen atoms in total. The van der Waals surface area contributed by atoms with Gasteiger partial charge in [-0.3, -0.25) is 0 Å². The molecule has 6 aromatic rings. The van der Waals surface area contributed by atoms with Gasteiger partial charge in [-0.15, -0.1) is 68.0 Å².